The standard InChI is InChI=1S/C12H13FO3/c1-2-3-6-16-8-9-4-5-10(13)7-11(9)12(14)15/h2-5,7H,6,8H2,1H3,(H,14,15). The Morgan fingerprint density at radius 3 is 2.94 bits per heavy atom. The van der Waals surface area contributed by atoms with Gasteiger partial charge in [0.05, 0.1) is 18.8 Å². The second-order valence-corrected chi connectivity index (χ2v) is 3.19. The Labute approximate surface area is 93.2 Å². The van der Waals surface area contributed by atoms with E-state index >= 15 is 0 Å². The van der Waals surface area contributed by atoms with Gasteiger partial charge in [0, 0.05) is 0 Å². The van der Waals surface area contributed by atoms with Crippen LogP contribution in [-0.2, 0) is 11.3 Å². The summed E-state index contributed by atoms with van der Waals surface area (Å²) in [7, 11) is 0. The summed E-state index contributed by atoms with van der Waals surface area (Å²) in [5, 5.41) is 8.86. The first-order chi connectivity index (χ1) is 7.65. The van der Waals surface area contributed by atoms with Crippen LogP contribution in [0.4, 0.5) is 4.39 Å². The molecule has 1 rings (SSSR count). The second-order valence-electron chi connectivity index (χ2n) is 3.19. The molecule has 1 aromatic carbocycles. The molecule has 0 aromatic heterocycles. The molecule has 0 bridgehead atoms. The van der Waals surface area contributed by atoms with Crippen LogP contribution in [0.5, 0.6) is 0 Å². The Morgan fingerprint density at radius 2 is 2.31 bits per heavy atom. The molecule has 3 nitrogen and oxygen atoms in total. The highest BCUT2D eigenvalue weighted by Gasteiger charge is 2.10. The minimum atomic E-state index is -1.15. The number of allylic oxidation sites excluding steroid dienone is 1. The molecular formula is C12H13FO3. The molecule has 0 unspecified atom stereocenters. The summed E-state index contributed by atoms with van der Waals surface area (Å²) < 4.78 is 18.1. The van der Waals surface area contributed by atoms with E-state index in [9.17, 15) is 9.18 Å². The third kappa shape index (κ3) is 3.47. The van der Waals surface area contributed by atoms with Gasteiger partial charge in [-0.25, -0.2) is 9.18 Å². The third-order valence-corrected chi connectivity index (χ3v) is 2.01. The van der Waals surface area contributed by atoms with E-state index in [0.29, 0.717) is 12.2 Å². The first-order valence-electron chi connectivity index (χ1n) is 4.85. The smallest absolute Gasteiger partial charge is 0.336 e. The van der Waals surface area contributed by atoms with Crippen molar-refractivity contribution in [1.29, 1.82) is 0 Å². The molecule has 0 saturated heterocycles. The Kier molecular flexibility index (Phi) is 4.66. The van der Waals surface area contributed by atoms with Gasteiger partial charge in [0.15, 0.2) is 0 Å². The van der Waals surface area contributed by atoms with Crippen LogP contribution in [0.1, 0.15) is 22.8 Å². The lowest BCUT2D eigenvalue weighted by Crippen LogP contribution is -2.05. The largest absolute Gasteiger partial charge is 0.478 e. The van der Waals surface area contributed by atoms with Crippen LogP contribution in [-0.4, -0.2) is 17.7 Å². The summed E-state index contributed by atoms with van der Waals surface area (Å²) in [6.07, 6.45) is 3.65. The summed E-state index contributed by atoms with van der Waals surface area (Å²) in [6, 6.07) is 3.64. The zero-order valence-corrected chi connectivity index (χ0v) is 8.94. The van der Waals surface area contributed by atoms with E-state index < -0.39 is 11.8 Å². The molecule has 0 aliphatic rings. The summed E-state index contributed by atoms with van der Waals surface area (Å²) >= 11 is 0. The molecule has 0 spiro atoms. The number of benzene rings is 1. The molecule has 1 aromatic rings. The zero-order valence-electron chi connectivity index (χ0n) is 8.94. The van der Waals surface area contributed by atoms with Gasteiger partial charge in [-0.05, 0) is 24.6 Å². The Bertz CT molecular complexity index is 399. The summed E-state index contributed by atoms with van der Waals surface area (Å²) in [5.74, 6) is -1.71. The number of carbonyl (C=O) groups is 1. The fourth-order valence-electron chi connectivity index (χ4n) is 1.21. The number of rotatable bonds is 5. The predicted octanol–water partition coefficient (Wildman–Crippen LogP) is 2.62. The van der Waals surface area contributed by atoms with Gasteiger partial charge in [-0.15, -0.1) is 0 Å². The SMILES string of the molecule is CC=CCOCc1ccc(F)cc1C(=O)O. The Hall–Kier alpha value is -1.68. The molecule has 0 saturated carbocycles. The topological polar surface area (TPSA) is 46.5 Å². The molecule has 0 fully saturated rings. The van der Waals surface area contributed by atoms with Gasteiger partial charge < -0.3 is 9.84 Å². The quantitative estimate of drug-likeness (QED) is 0.617. The van der Waals surface area contributed by atoms with Crippen molar-refractivity contribution in [1.82, 2.24) is 0 Å². The lowest BCUT2D eigenvalue weighted by molar-refractivity contribution is 0.0689. The van der Waals surface area contributed by atoms with Crippen LogP contribution in [0.25, 0.3) is 0 Å². The molecule has 86 valence electrons. The van der Waals surface area contributed by atoms with E-state index in [4.69, 9.17) is 9.84 Å². The number of aromatic carboxylic acids is 1. The van der Waals surface area contributed by atoms with E-state index in [1.54, 1.807) is 0 Å². The molecule has 0 atom stereocenters. The van der Waals surface area contributed by atoms with Gasteiger partial charge in [0.1, 0.15) is 5.82 Å². The predicted molar refractivity (Wildman–Crippen MR) is 57.8 cm³/mol. The van der Waals surface area contributed by atoms with Crippen molar-refractivity contribution in [2.45, 2.75) is 13.5 Å². The third-order valence-electron chi connectivity index (χ3n) is 2.01. The van der Waals surface area contributed by atoms with Gasteiger partial charge in [-0.2, -0.15) is 0 Å². The maximum atomic E-state index is 12.8. The van der Waals surface area contributed by atoms with E-state index in [-0.39, 0.29) is 12.2 Å². The number of halogens is 1. The van der Waals surface area contributed by atoms with Crippen LogP contribution in [0.2, 0.25) is 0 Å². The minimum Gasteiger partial charge on any atom is -0.478 e. The molecule has 0 aliphatic heterocycles. The molecule has 0 aliphatic carbocycles. The lowest BCUT2D eigenvalue weighted by Gasteiger charge is -2.06. The van der Waals surface area contributed by atoms with Gasteiger partial charge in [0.2, 0.25) is 0 Å². The van der Waals surface area contributed by atoms with Crippen LogP contribution < -0.4 is 0 Å². The van der Waals surface area contributed by atoms with Gasteiger partial charge in [-0.3, -0.25) is 0 Å². The van der Waals surface area contributed by atoms with Crippen LogP contribution in [0.15, 0.2) is 30.4 Å². The fourth-order valence-corrected chi connectivity index (χ4v) is 1.21. The molecule has 1 N–H and O–H groups in total. The number of carboxylic acids is 1. The first kappa shape index (κ1) is 12.4. The fraction of sp³-hybridized carbons (Fsp3) is 0.250. The highest BCUT2D eigenvalue weighted by atomic mass is 19.1. The van der Waals surface area contributed by atoms with E-state index in [1.807, 2.05) is 19.1 Å². The highest BCUT2D eigenvalue weighted by Crippen LogP contribution is 2.12. The van der Waals surface area contributed by atoms with E-state index in [2.05, 4.69) is 0 Å². The first-order valence-corrected chi connectivity index (χ1v) is 4.85. The van der Waals surface area contributed by atoms with Gasteiger partial charge in [-0.1, -0.05) is 18.2 Å². The maximum Gasteiger partial charge on any atom is 0.336 e. The van der Waals surface area contributed by atoms with Crippen molar-refractivity contribution in [2.24, 2.45) is 0 Å². The molecule has 16 heavy (non-hydrogen) atoms. The van der Waals surface area contributed by atoms with Gasteiger partial charge in [0.25, 0.3) is 0 Å². The van der Waals surface area contributed by atoms with Crippen molar-refractivity contribution in [3.63, 3.8) is 0 Å². The normalized spacial score (nSPS) is 10.9. The summed E-state index contributed by atoms with van der Waals surface area (Å²) in [4.78, 5) is 10.8. The van der Waals surface area contributed by atoms with Gasteiger partial charge >= 0.3 is 5.97 Å². The minimum absolute atomic E-state index is 0.0551. The zero-order chi connectivity index (χ0) is 12.0. The lowest BCUT2D eigenvalue weighted by atomic mass is 10.1. The van der Waals surface area contributed by atoms with Crippen molar-refractivity contribution >= 4 is 5.97 Å². The molecule has 0 amide bonds. The van der Waals surface area contributed by atoms with Crippen LogP contribution in [0.3, 0.4) is 0 Å². The molecular weight excluding hydrogens is 211 g/mol. The van der Waals surface area contributed by atoms with E-state index in [1.165, 1.54) is 12.1 Å². The number of hydrogen-bond donors (Lipinski definition) is 1. The maximum absolute atomic E-state index is 12.8. The molecule has 4 heteroatoms. The monoisotopic (exact) mass is 224 g/mol. The second kappa shape index (κ2) is 6.02. The van der Waals surface area contributed by atoms with Crippen LogP contribution >= 0.6 is 0 Å². The molecule has 0 radical (unpaired) electrons. The Balaban J connectivity index is 2.75. The summed E-state index contributed by atoms with van der Waals surface area (Å²) in [6.45, 7) is 2.43. The van der Waals surface area contributed by atoms with Crippen molar-refractivity contribution in [2.75, 3.05) is 6.61 Å². The van der Waals surface area contributed by atoms with E-state index in [0.717, 1.165) is 6.07 Å². The van der Waals surface area contributed by atoms with Crippen molar-refractivity contribution in [3.8, 4) is 0 Å². The average molecular weight is 224 g/mol. The number of hydrogen-bond acceptors (Lipinski definition) is 2. The average Bonchev–Trinajstić information content (AvgIpc) is 2.26. The number of carboxylic acid groups (broad SMARTS) is 1. The number of ether oxygens (including phenoxy) is 1. The molecule has 0 heterocycles. The van der Waals surface area contributed by atoms with Crippen molar-refractivity contribution in [3.05, 3.63) is 47.3 Å². The summed E-state index contributed by atoms with van der Waals surface area (Å²) in [5.41, 5.74) is 0.416. The van der Waals surface area contributed by atoms with Crippen LogP contribution in [0, 0.1) is 5.82 Å². The van der Waals surface area contributed by atoms with Crippen molar-refractivity contribution < 1.29 is 19.0 Å². The Morgan fingerprint density at radius 1 is 1.56 bits per heavy atom. The highest BCUT2D eigenvalue weighted by molar-refractivity contribution is 5.89.